The van der Waals surface area contributed by atoms with Gasteiger partial charge in [0.25, 0.3) is 0 Å². The Morgan fingerprint density at radius 2 is 2.23 bits per heavy atom. The summed E-state index contributed by atoms with van der Waals surface area (Å²) in [7, 11) is 1.37. The lowest BCUT2D eigenvalue weighted by Crippen LogP contribution is -2.31. The zero-order chi connectivity index (χ0) is 10.0. The van der Waals surface area contributed by atoms with Crippen molar-refractivity contribution in [1.82, 2.24) is 0 Å². The van der Waals surface area contributed by atoms with Crippen LogP contribution in [-0.2, 0) is 0 Å². The predicted octanol–water partition coefficient (Wildman–Crippen LogP) is 0.999. The van der Waals surface area contributed by atoms with E-state index in [1.807, 2.05) is 0 Å². The van der Waals surface area contributed by atoms with Crippen LogP contribution >= 0.6 is 15.9 Å². The maximum Gasteiger partial charge on any atom is 0.513 e. The predicted molar refractivity (Wildman–Crippen MR) is 46.3 cm³/mol. The Morgan fingerprint density at radius 3 is 2.69 bits per heavy atom. The van der Waals surface area contributed by atoms with Gasteiger partial charge in [-0.2, -0.15) is 0 Å². The van der Waals surface area contributed by atoms with E-state index in [9.17, 15) is 15.3 Å². The van der Waals surface area contributed by atoms with E-state index < -0.39 is 10.7 Å². The summed E-state index contributed by atoms with van der Waals surface area (Å²) in [5.41, 5.74) is 0. The van der Waals surface area contributed by atoms with Gasteiger partial charge in [-0.15, -0.1) is 0 Å². The summed E-state index contributed by atoms with van der Waals surface area (Å²) in [6.07, 6.45) is 0. The molecule has 0 fully saturated rings. The van der Waals surface area contributed by atoms with E-state index in [1.165, 1.54) is 13.2 Å². The second kappa shape index (κ2) is 3.56. The van der Waals surface area contributed by atoms with Gasteiger partial charge < -0.3 is 9.94 Å². The monoisotopic (exact) mass is 248 g/mol. The molecule has 0 bridgehead atoms. The second-order valence-corrected chi connectivity index (χ2v) is 2.85. The molecule has 0 aliphatic rings. The van der Waals surface area contributed by atoms with Crippen molar-refractivity contribution in [2.24, 2.45) is 0 Å². The van der Waals surface area contributed by atoms with E-state index in [0.29, 0.717) is 0 Å². The molecule has 1 aromatic rings. The SMILES string of the molecule is COc1ccc([N+](=O)[O-])[n+]([O-])c1Br. The molecule has 1 rings (SSSR count). The van der Waals surface area contributed by atoms with Crippen LogP contribution in [0.25, 0.3) is 0 Å². The van der Waals surface area contributed by atoms with Gasteiger partial charge in [-0.25, -0.2) is 0 Å². The number of rotatable bonds is 2. The van der Waals surface area contributed by atoms with Crippen LogP contribution in [0.15, 0.2) is 16.7 Å². The molecule has 0 aliphatic carbocycles. The Balaban J connectivity index is 3.31. The van der Waals surface area contributed by atoms with Gasteiger partial charge in [0, 0.05) is 22.0 Å². The average molecular weight is 249 g/mol. The van der Waals surface area contributed by atoms with Crippen LogP contribution in [0.5, 0.6) is 5.75 Å². The van der Waals surface area contributed by atoms with Crippen molar-refractivity contribution in [3.05, 3.63) is 32.1 Å². The highest BCUT2D eigenvalue weighted by molar-refractivity contribution is 9.10. The highest BCUT2D eigenvalue weighted by atomic mass is 79.9. The number of halogens is 1. The molecule has 7 heteroatoms. The Hall–Kier alpha value is -1.37. The first kappa shape index (κ1) is 9.72. The topological polar surface area (TPSA) is 79.3 Å². The Labute approximate surface area is 81.6 Å². The quantitative estimate of drug-likeness (QED) is 0.257. The molecule has 0 atom stereocenters. The molecule has 0 spiro atoms. The molecule has 0 amide bonds. The normalized spacial score (nSPS) is 9.69. The number of ether oxygens (including phenoxy) is 1. The summed E-state index contributed by atoms with van der Waals surface area (Å²) in [5, 5.41) is 21.4. The molecule has 0 aliphatic heterocycles. The van der Waals surface area contributed by atoms with E-state index in [-0.39, 0.29) is 15.1 Å². The third-order valence-corrected chi connectivity index (χ3v) is 2.09. The first-order valence-electron chi connectivity index (χ1n) is 3.18. The number of nitrogens with zero attached hydrogens (tertiary/aromatic N) is 2. The molecule has 0 radical (unpaired) electrons. The third kappa shape index (κ3) is 1.69. The van der Waals surface area contributed by atoms with Crippen LogP contribution in [0.3, 0.4) is 0 Å². The number of methoxy groups -OCH3 is 1. The fourth-order valence-corrected chi connectivity index (χ4v) is 1.25. The van der Waals surface area contributed by atoms with Gasteiger partial charge in [-0.1, -0.05) is 4.73 Å². The van der Waals surface area contributed by atoms with Crippen molar-refractivity contribution in [3.63, 3.8) is 0 Å². The zero-order valence-electron chi connectivity index (χ0n) is 6.56. The highest BCUT2D eigenvalue weighted by Gasteiger charge is 2.23. The van der Waals surface area contributed by atoms with Crippen molar-refractivity contribution in [1.29, 1.82) is 0 Å². The summed E-state index contributed by atoms with van der Waals surface area (Å²) < 4.78 is 4.91. The number of aromatic nitrogens is 1. The van der Waals surface area contributed by atoms with E-state index in [2.05, 4.69) is 15.9 Å². The summed E-state index contributed by atoms with van der Waals surface area (Å²) >= 11 is 2.88. The summed E-state index contributed by atoms with van der Waals surface area (Å²) in [4.78, 5) is 9.53. The first-order valence-corrected chi connectivity index (χ1v) is 3.97. The van der Waals surface area contributed by atoms with Gasteiger partial charge in [-0.3, -0.25) is 10.1 Å². The molecule has 0 saturated carbocycles. The fraction of sp³-hybridized carbons (Fsp3) is 0.167. The minimum atomic E-state index is -0.767. The number of pyridine rings is 1. The van der Waals surface area contributed by atoms with Crippen LogP contribution in [0.2, 0.25) is 0 Å². The Kier molecular flexibility index (Phi) is 2.66. The summed E-state index contributed by atoms with van der Waals surface area (Å²) in [6.45, 7) is 0. The van der Waals surface area contributed by atoms with Gasteiger partial charge >= 0.3 is 10.4 Å². The van der Waals surface area contributed by atoms with E-state index in [0.717, 1.165) is 6.07 Å². The van der Waals surface area contributed by atoms with Crippen molar-refractivity contribution >= 4 is 21.7 Å². The molecule has 0 aromatic carbocycles. The molecule has 70 valence electrons. The third-order valence-electron chi connectivity index (χ3n) is 1.38. The van der Waals surface area contributed by atoms with E-state index in [1.54, 1.807) is 0 Å². The lowest BCUT2D eigenvalue weighted by molar-refractivity contribution is -0.673. The Morgan fingerprint density at radius 1 is 1.62 bits per heavy atom. The molecule has 1 heterocycles. The van der Waals surface area contributed by atoms with Crippen molar-refractivity contribution < 1.29 is 14.4 Å². The van der Waals surface area contributed by atoms with Crippen LogP contribution < -0.4 is 9.47 Å². The first-order chi connectivity index (χ1) is 6.07. The minimum absolute atomic E-state index is 0.01000. The molecule has 0 N–H and O–H groups in total. The molecule has 1 aromatic heterocycles. The average Bonchev–Trinajstić information content (AvgIpc) is 2.09. The molecule has 13 heavy (non-hydrogen) atoms. The van der Waals surface area contributed by atoms with Crippen LogP contribution in [0.1, 0.15) is 0 Å². The van der Waals surface area contributed by atoms with Gasteiger partial charge in [0.2, 0.25) is 0 Å². The highest BCUT2D eigenvalue weighted by Crippen LogP contribution is 2.22. The maximum atomic E-state index is 11.1. The molecular formula is C6H5BrN2O4. The maximum absolute atomic E-state index is 11.1. The minimum Gasteiger partial charge on any atom is -0.613 e. The standard InChI is InChI=1S/C6H5BrN2O4/c1-13-4-2-3-5(9(11)12)8(10)6(4)7/h2-3H,1H3. The molecule has 6 nitrogen and oxygen atoms in total. The van der Waals surface area contributed by atoms with Crippen molar-refractivity contribution in [3.8, 4) is 5.75 Å². The van der Waals surface area contributed by atoms with Crippen LogP contribution in [0, 0.1) is 15.3 Å². The summed E-state index contributed by atoms with van der Waals surface area (Å²) in [5.74, 6) is -0.298. The van der Waals surface area contributed by atoms with Gasteiger partial charge in [0.05, 0.1) is 13.2 Å². The largest absolute Gasteiger partial charge is 0.613 e. The Bertz CT molecular complexity index is 355. The zero-order valence-corrected chi connectivity index (χ0v) is 8.15. The van der Waals surface area contributed by atoms with E-state index >= 15 is 0 Å². The molecular weight excluding hydrogens is 244 g/mol. The lowest BCUT2D eigenvalue weighted by atomic mass is 10.4. The van der Waals surface area contributed by atoms with Gasteiger partial charge in [0.1, 0.15) is 4.92 Å². The number of nitro groups is 1. The molecule has 0 saturated heterocycles. The number of hydrogen-bond donors (Lipinski definition) is 0. The van der Waals surface area contributed by atoms with Gasteiger partial charge in [-0.05, 0) is 0 Å². The van der Waals surface area contributed by atoms with Crippen LogP contribution in [0.4, 0.5) is 5.82 Å². The fourth-order valence-electron chi connectivity index (χ4n) is 0.775. The van der Waals surface area contributed by atoms with E-state index in [4.69, 9.17) is 4.74 Å². The smallest absolute Gasteiger partial charge is 0.513 e. The lowest BCUT2D eigenvalue weighted by Gasteiger charge is -2.02. The molecule has 0 unspecified atom stereocenters. The van der Waals surface area contributed by atoms with Crippen molar-refractivity contribution in [2.75, 3.05) is 7.11 Å². The second-order valence-electron chi connectivity index (χ2n) is 2.10. The van der Waals surface area contributed by atoms with Crippen molar-refractivity contribution in [2.45, 2.75) is 0 Å². The summed E-state index contributed by atoms with van der Waals surface area (Å²) in [6, 6.07) is 2.42. The van der Waals surface area contributed by atoms with Crippen LogP contribution in [-0.4, -0.2) is 12.0 Å². The van der Waals surface area contributed by atoms with Gasteiger partial charge in [0.15, 0.2) is 5.75 Å². The number of hydrogen-bond acceptors (Lipinski definition) is 4.